The lowest BCUT2D eigenvalue weighted by Gasteiger charge is -2.39. The highest BCUT2D eigenvalue weighted by Crippen LogP contribution is 2.52. The number of likely N-dealkylation sites (tertiary alicyclic amines) is 1. The number of rotatable bonds is 3. The second-order valence-electron chi connectivity index (χ2n) is 9.36. The van der Waals surface area contributed by atoms with Crippen molar-refractivity contribution in [3.63, 3.8) is 0 Å². The second-order valence-corrected chi connectivity index (χ2v) is 10.4. The number of benzene rings is 1. The lowest BCUT2D eigenvalue weighted by Crippen LogP contribution is -2.39. The van der Waals surface area contributed by atoms with Crippen LogP contribution in [0.15, 0.2) is 23.1 Å². The maximum atomic E-state index is 12.7. The lowest BCUT2D eigenvalue weighted by atomic mass is 9.65. The summed E-state index contributed by atoms with van der Waals surface area (Å²) in [6, 6.07) is 5.31. The minimum Gasteiger partial charge on any atom is -0.452 e. The van der Waals surface area contributed by atoms with Gasteiger partial charge in [-0.15, -0.1) is 11.8 Å². The highest BCUT2D eigenvalue weighted by Gasteiger charge is 2.50. The summed E-state index contributed by atoms with van der Waals surface area (Å²) in [7, 11) is 0. The van der Waals surface area contributed by atoms with Crippen molar-refractivity contribution in [2.24, 2.45) is 10.8 Å². The molecular formula is C21H26N2O4S. The van der Waals surface area contributed by atoms with Crippen LogP contribution < -0.4 is 5.32 Å². The number of ether oxygens (including phenoxy) is 1. The number of nitrogens with zero attached hydrogens (tertiary/aromatic N) is 1. The minimum absolute atomic E-state index is 0.0882. The summed E-state index contributed by atoms with van der Waals surface area (Å²) in [5, 5.41) is 2.76. The summed E-state index contributed by atoms with van der Waals surface area (Å²) in [6.07, 6.45) is 3.13. The molecule has 0 radical (unpaired) electrons. The molecule has 2 amide bonds. The molecule has 2 bridgehead atoms. The van der Waals surface area contributed by atoms with E-state index in [0.29, 0.717) is 17.0 Å². The Morgan fingerprint density at radius 3 is 2.86 bits per heavy atom. The molecule has 0 aromatic heterocycles. The van der Waals surface area contributed by atoms with E-state index in [0.717, 1.165) is 30.7 Å². The van der Waals surface area contributed by atoms with Gasteiger partial charge in [-0.1, -0.05) is 20.8 Å². The maximum Gasteiger partial charge on any atom is 0.338 e. The molecule has 2 fully saturated rings. The number of carbonyl (C=O) groups excluding carboxylic acids is 3. The Kier molecular flexibility index (Phi) is 4.68. The van der Waals surface area contributed by atoms with E-state index in [-0.39, 0.29) is 35.3 Å². The van der Waals surface area contributed by atoms with Gasteiger partial charge in [0, 0.05) is 17.5 Å². The summed E-state index contributed by atoms with van der Waals surface area (Å²) < 4.78 is 5.30. The van der Waals surface area contributed by atoms with Crippen LogP contribution in [0.1, 0.15) is 50.4 Å². The lowest BCUT2D eigenvalue weighted by molar-refractivity contribution is -0.135. The number of nitrogens with one attached hydrogen (secondary N) is 1. The van der Waals surface area contributed by atoms with E-state index >= 15 is 0 Å². The first-order valence-electron chi connectivity index (χ1n) is 9.68. The van der Waals surface area contributed by atoms with Crippen molar-refractivity contribution in [1.29, 1.82) is 0 Å². The Bertz CT molecular complexity index is 853. The molecule has 2 unspecified atom stereocenters. The Morgan fingerprint density at radius 2 is 2.07 bits per heavy atom. The van der Waals surface area contributed by atoms with Gasteiger partial charge in [-0.05, 0) is 48.3 Å². The molecule has 2 aliphatic heterocycles. The fraction of sp³-hybridized carbons (Fsp3) is 0.571. The van der Waals surface area contributed by atoms with Gasteiger partial charge in [-0.2, -0.15) is 0 Å². The van der Waals surface area contributed by atoms with E-state index in [1.54, 1.807) is 18.2 Å². The van der Waals surface area contributed by atoms with Crippen LogP contribution in [0, 0.1) is 10.8 Å². The van der Waals surface area contributed by atoms with Gasteiger partial charge in [0.1, 0.15) is 0 Å². The van der Waals surface area contributed by atoms with Crippen LogP contribution in [-0.4, -0.2) is 47.6 Å². The Labute approximate surface area is 169 Å². The first-order valence-corrected chi connectivity index (χ1v) is 10.7. The summed E-state index contributed by atoms with van der Waals surface area (Å²) in [4.78, 5) is 39.5. The van der Waals surface area contributed by atoms with Gasteiger partial charge >= 0.3 is 5.97 Å². The van der Waals surface area contributed by atoms with Crippen LogP contribution >= 0.6 is 11.8 Å². The SMILES string of the molecule is CC1(C)CC2CC(C)(CN2C(=O)COC(=O)c2ccc3c(c2)NC(=O)CS3)C1. The number of hydrogen-bond donors (Lipinski definition) is 1. The topological polar surface area (TPSA) is 75.7 Å². The number of fused-ring (bicyclic) bond motifs is 3. The average molecular weight is 403 g/mol. The Balaban J connectivity index is 1.38. The van der Waals surface area contributed by atoms with Crippen molar-refractivity contribution >= 4 is 35.2 Å². The summed E-state index contributed by atoms with van der Waals surface area (Å²) in [6.45, 7) is 7.26. The number of hydrogen-bond acceptors (Lipinski definition) is 5. The van der Waals surface area contributed by atoms with E-state index in [1.165, 1.54) is 11.8 Å². The fourth-order valence-corrected chi connectivity index (χ4v) is 6.04. The van der Waals surface area contributed by atoms with Crippen molar-refractivity contribution in [2.75, 3.05) is 24.2 Å². The van der Waals surface area contributed by atoms with Gasteiger partial charge in [-0.3, -0.25) is 9.59 Å². The van der Waals surface area contributed by atoms with E-state index in [9.17, 15) is 14.4 Å². The van der Waals surface area contributed by atoms with Crippen molar-refractivity contribution in [2.45, 2.75) is 51.0 Å². The third-order valence-electron chi connectivity index (χ3n) is 5.91. The predicted octanol–water partition coefficient (Wildman–Crippen LogP) is 3.31. The number of esters is 1. The molecule has 28 heavy (non-hydrogen) atoms. The van der Waals surface area contributed by atoms with Crippen LogP contribution in [0.3, 0.4) is 0 Å². The molecule has 4 rings (SSSR count). The molecule has 1 N–H and O–H groups in total. The Morgan fingerprint density at radius 1 is 1.29 bits per heavy atom. The number of anilines is 1. The molecule has 150 valence electrons. The van der Waals surface area contributed by atoms with Gasteiger partial charge in [0.05, 0.1) is 17.0 Å². The van der Waals surface area contributed by atoms with Crippen molar-refractivity contribution in [3.05, 3.63) is 23.8 Å². The molecule has 1 saturated carbocycles. The molecular weight excluding hydrogens is 376 g/mol. The normalized spacial score (nSPS) is 27.8. The van der Waals surface area contributed by atoms with Gasteiger partial charge in [-0.25, -0.2) is 4.79 Å². The van der Waals surface area contributed by atoms with Crippen LogP contribution in [0.4, 0.5) is 5.69 Å². The van der Waals surface area contributed by atoms with E-state index in [2.05, 4.69) is 26.1 Å². The molecule has 6 nitrogen and oxygen atoms in total. The second kappa shape index (κ2) is 6.79. The molecule has 0 spiro atoms. The third-order valence-corrected chi connectivity index (χ3v) is 6.98. The molecule has 3 aliphatic rings. The van der Waals surface area contributed by atoms with E-state index in [4.69, 9.17) is 4.74 Å². The highest BCUT2D eigenvalue weighted by atomic mass is 32.2. The number of amides is 2. The van der Waals surface area contributed by atoms with E-state index < -0.39 is 5.97 Å². The fourth-order valence-electron chi connectivity index (χ4n) is 5.26. The van der Waals surface area contributed by atoms with Crippen molar-refractivity contribution in [3.8, 4) is 0 Å². The van der Waals surface area contributed by atoms with Gasteiger partial charge in [0.25, 0.3) is 5.91 Å². The van der Waals surface area contributed by atoms with E-state index in [1.807, 2.05) is 4.90 Å². The summed E-state index contributed by atoms with van der Waals surface area (Å²) in [5.74, 6) is -0.385. The maximum absolute atomic E-state index is 12.7. The van der Waals surface area contributed by atoms with Crippen LogP contribution in [0.2, 0.25) is 0 Å². The molecule has 2 heterocycles. The summed E-state index contributed by atoms with van der Waals surface area (Å²) in [5.41, 5.74) is 1.34. The van der Waals surface area contributed by atoms with Gasteiger partial charge in [0.2, 0.25) is 5.91 Å². The van der Waals surface area contributed by atoms with Crippen LogP contribution in [-0.2, 0) is 14.3 Å². The smallest absolute Gasteiger partial charge is 0.338 e. The molecule has 1 aliphatic carbocycles. The average Bonchev–Trinajstić information content (AvgIpc) is 2.87. The standard InChI is InChI=1S/C21H26N2O4S/c1-20(2)7-14-8-21(3,11-20)12-23(14)18(25)9-27-19(26)13-4-5-16-15(6-13)22-17(24)10-28-16/h4-6,14H,7-12H2,1-3H3,(H,22,24). The number of carbonyl (C=O) groups is 3. The Hall–Kier alpha value is -2.02. The van der Waals surface area contributed by atoms with Crippen molar-refractivity contribution in [1.82, 2.24) is 4.90 Å². The van der Waals surface area contributed by atoms with Crippen LogP contribution in [0.25, 0.3) is 0 Å². The minimum atomic E-state index is -0.547. The number of thioether (sulfide) groups is 1. The zero-order valence-electron chi connectivity index (χ0n) is 16.5. The monoisotopic (exact) mass is 402 g/mol. The third kappa shape index (κ3) is 3.77. The first kappa shape index (κ1) is 19.3. The zero-order valence-corrected chi connectivity index (χ0v) is 17.4. The molecule has 1 aromatic rings. The molecule has 1 aromatic carbocycles. The molecule has 7 heteroatoms. The quantitative estimate of drug-likeness (QED) is 0.785. The predicted molar refractivity (Wildman–Crippen MR) is 107 cm³/mol. The first-order chi connectivity index (χ1) is 13.1. The van der Waals surface area contributed by atoms with Crippen LogP contribution in [0.5, 0.6) is 0 Å². The largest absolute Gasteiger partial charge is 0.452 e. The zero-order chi connectivity index (χ0) is 20.1. The molecule has 1 saturated heterocycles. The van der Waals surface area contributed by atoms with Gasteiger partial charge < -0.3 is 15.0 Å². The highest BCUT2D eigenvalue weighted by molar-refractivity contribution is 8.00. The summed E-state index contributed by atoms with van der Waals surface area (Å²) >= 11 is 1.44. The van der Waals surface area contributed by atoms with Crippen molar-refractivity contribution < 1.29 is 19.1 Å². The van der Waals surface area contributed by atoms with Gasteiger partial charge in [0.15, 0.2) is 6.61 Å². The molecule has 2 atom stereocenters.